The molecule has 0 saturated heterocycles. The SMILES string of the molecule is NCCCCCN(CCN(CCNCCN)CCNCCN(CCN)CCN)CCN(CCN)CCNC(=O)OCCC(F)(F)C(F)(F)C(F)(F)C(F)(F)F. The molecule has 0 unspecified atom stereocenters. The van der Waals surface area contributed by atoms with Crippen molar-refractivity contribution >= 4 is 6.09 Å². The normalized spacial score (nSPS) is 13.2. The first-order chi connectivity index (χ1) is 25.9. The van der Waals surface area contributed by atoms with Crippen LogP contribution in [-0.4, -0.2) is 200 Å². The number of nitrogens with two attached hydrogens (primary N) is 5. The molecule has 0 aromatic heterocycles. The lowest BCUT2D eigenvalue weighted by Gasteiger charge is -2.33. The van der Waals surface area contributed by atoms with E-state index in [4.69, 9.17) is 28.7 Å². The van der Waals surface area contributed by atoms with Gasteiger partial charge in [0, 0.05) is 131 Å². The number of alkyl carbamates (subject to hydrolysis) is 1. The van der Waals surface area contributed by atoms with E-state index in [9.17, 15) is 44.3 Å². The van der Waals surface area contributed by atoms with Crippen LogP contribution in [0.25, 0.3) is 0 Å². The van der Waals surface area contributed by atoms with Crippen molar-refractivity contribution in [2.24, 2.45) is 28.7 Å². The van der Waals surface area contributed by atoms with Gasteiger partial charge >= 0.3 is 30.0 Å². The Labute approximate surface area is 319 Å². The van der Waals surface area contributed by atoms with Crippen LogP contribution >= 0.6 is 0 Å². The summed E-state index contributed by atoms with van der Waals surface area (Å²) in [4.78, 5) is 20.8. The number of nitrogens with zero attached hydrogens (tertiary/aromatic N) is 4. The molecule has 55 heavy (non-hydrogen) atoms. The summed E-state index contributed by atoms with van der Waals surface area (Å²) in [7, 11) is 0. The van der Waals surface area contributed by atoms with Crippen LogP contribution in [0.4, 0.5) is 44.3 Å². The molecule has 1 amide bonds. The number of alkyl halides is 9. The number of ether oxygens (including phenoxy) is 1. The van der Waals surface area contributed by atoms with E-state index in [1.165, 1.54) is 0 Å². The maximum Gasteiger partial charge on any atom is 0.460 e. The molecular formula is C32H67F9N12O2. The molecule has 0 aromatic rings. The lowest BCUT2D eigenvalue weighted by Crippen LogP contribution is -2.61. The number of unbranched alkanes of at least 4 members (excludes halogenated alkanes) is 2. The van der Waals surface area contributed by atoms with E-state index in [0.717, 1.165) is 91.3 Å². The van der Waals surface area contributed by atoms with Crippen LogP contribution in [0.3, 0.4) is 0 Å². The molecule has 0 saturated carbocycles. The van der Waals surface area contributed by atoms with Crippen LogP contribution in [0.2, 0.25) is 0 Å². The summed E-state index contributed by atoms with van der Waals surface area (Å²) in [6, 6.07) is 0. The Bertz CT molecular complexity index is 957. The highest BCUT2D eigenvalue weighted by molar-refractivity contribution is 5.67. The Morgan fingerprint density at radius 2 is 0.909 bits per heavy atom. The Hall–Kier alpha value is -1.80. The van der Waals surface area contributed by atoms with E-state index in [2.05, 4.69) is 35.4 Å². The minimum atomic E-state index is -7.00. The number of halogens is 9. The van der Waals surface area contributed by atoms with Crippen molar-refractivity contribution in [3.63, 3.8) is 0 Å². The molecule has 23 heteroatoms. The summed E-state index contributed by atoms with van der Waals surface area (Å²) in [5, 5.41) is 9.07. The van der Waals surface area contributed by atoms with Gasteiger partial charge in [0.25, 0.3) is 0 Å². The van der Waals surface area contributed by atoms with Gasteiger partial charge in [0.1, 0.15) is 0 Å². The van der Waals surface area contributed by atoms with Crippen molar-refractivity contribution in [1.82, 2.24) is 35.6 Å². The number of carbonyl (C=O) groups excluding carboxylic acids is 1. The van der Waals surface area contributed by atoms with Gasteiger partial charge in [0.15, 0.2) is 0 Å². The van der Waals surface area contributed by atoms with Gasteiger partial charge in [-0.1, -0.05) is 6.42 Å². The zero-order valence-electron chi connectivity index (χ0n) is 32.0. The first kappa shape index (κ1) is 53.2. The Balaban J connectivity index is 5.15. The third-order valence-electron chi connectivity index (χ3n) is 8.67. The second kappa shape index (κ2) is 29.4. The van der Waals surface area contributed by atoms with Gasteiger partial charge in [-0.2, -0.15) is 39.5 Å². The van der Waals surface area contributed by atoms with Crippen LogP contribution in [0.15, 0.2) is 0 Å². The number of hydrogen-bond donors (Lipinski definition) is 8. The standard InChI is InChI=1S/C32H67F9N12O2/c33-29(34,30(35,36)31(37,38)32(39,40)41)4-27-55-28(54)49-14-22-52(18-9-46)25-23-50(15-3-1-2-5-42)24-26-53(20-11-47-10-6-43)21-13-48-12-19-51(16-7-44)17-8-45/h47-48H,1-27,42-46H2,(H,49,54). The van der Waals surface area contributed by atoms with Crippen molar-refractivity contribution in [3.05, 3.63) is 0 Å². The first-order valence-corrected chi connectivity index (χ1v) is 18.9. The predicted octanol–water partition coefficient (Wildman–Crippen LogP) is -0.0781. The Kier molecular flexibility index (Phi) is 28.5. The average molecular weight is 823 g/mol. The third kappa shape index (κ3) is 22.1. The molecule has 0 spiro atoms. The smallest absolute Gasteiger partial charge is 0.449 e. The van der Waals surface area contributed by atoms with Gasteiger partial charge in [0.2, 0.25) is 0 Å². The zero-order chi connectivity index (χ0) is 41.8. The summed E-state index contributed by atoms with van der Waals surface area (Å²) in [5.74, 6) is -19.6. The minimum Gasteiger partial charge on any atom is -0.449 e. The van der Waals surface area contributed by atoms with E-state index >= 15 is 0 Å². The number of hydrogen-bond acceptors (Lipinski definition) is 13. The fourth-order valence-corrected chi connectivity index (χ4v) is 5.38. The number of rotatable bonds is 36. The average Bonchev–Trinajstić information content (AvgIpc) is 3.11. The summed E-state index contributed by atoms with van der Waals surface area (Å²) in [5.41, 5.74) is 28.5. The van der Waals surface area contributed by atoms with Crippen LogP contribution < -0.4 is 44.6 Å². The molecule has 0 radical (unpaired) electrons. The van der Waals surface area contributed by atoms with Crippen molar-refractivity contribution in [2.45, 2.75) is 49.6 Å². The van der Waals surface area contributed by atoms with E-state index in [1.54, 1.807) is 0 Å². The highest BCUT2D eigenvalue weighted by atomic mass is 19.4. The topological polar surface area (TPSA) is 205 Å². The fourth-order valence-electron chi connectivity index (χ4n) is 5.38. The van der Waals surface area contributed by atoms with Gasteiger partial charge in [-0.05, 0) is 25.9 Å². The fraction of sp³-hybridized carbons (Fsp3) is 0.969. The van der Waals surface area contributed by atoms with E-state index in [-0.39, 0.29) is 19.6 Å². The van der Waals surface area contributed by atoms with Crippen molar-refractivity contribution < 1.29 is 49.0 Å². The molecule has 0 aliphatic heterocycles. The minimum absolute atomic E-state index is 0.0825. The van der Waals surface area contributed by atoms with Crippen LogP contribution in [0, 0.1) is 0 Å². The van der Waals surface area contributed by atoms with Crippen LogP contribution in [0.5, 0.6) is 0 Å². The number of nitrogens with one attached hydrogen (secondary N) is 3. The molecule has 0 aromatic carbocycles. The summed E-state index contributed by atoms with van der Waals surface area (Å²) in [6.07, 6.45) is -7.73. The summed E-state index contributed by atoms with van der Waals surface area (Å²) >= 11 is 0. The highest BCUT2D eigenvalue weighted by Crippen LogP contribution is 2.53. The second-order valence-corrected chi connectivity index (χ2v) is 13.0. The van der Waals surface area contributed by atoms with Gasteiger partial charge in [-0.25, -0.2) is 4.79 Å². The first-order valence-electron chi connectivity index (χ1n) is 18.9. The van der Waals surface area contributed by atoms with Crippen LogP contribution in [0.1, 0.15) is 25.7 Å². The molecule has 0 rings (SSSR count). The lowest BCUT2D eigenvalue weighted by atomic mass is 10.0. The molecular weight excluding hydrogens is 755 g/mol. The maximum atomic E-state index is 13.7. The van der Waals surface area contributed by atoms with Crippen LogP contribution in [-0.2, 0) is 4.74 Å². The van der Waals surface area contributed by atoms with E-state index < -0.39 is 43.1 Å². The monoisotopic (exact) mass is 823 g/mol. The van der Waals surface area contributed by atoms with Gasteiger partial charge < -0.3 is 54.3 Å². The number of carbonyl (C=O) groups is 1. The summed E-state index contributed by atoms with van der Waals surface area (Å²) in [6.45, 7) is 12.3. The highest BCUT2D eigenvalue weighted by Gasteiger charge is 2.81. The quantitative estimate of drug-likeness (QED) is 0.0308. The molecule has 330 valence electrons. The van der Waals surface area contributed by atoms with Crippen molar-refractivity contribution in [3.8, 4) is 0 Å². The third-order valence-corrected chi connectivity index (χ3v) is 8.67. The summed E-state index contributed by atoms with van der Waals surface area (Å²) < 4.78 is 122. The zero-order valence-corrected chi connectivity index (χ0v) is 32.0. The second-order valence-electron chi connectivity index (χ2n) is 13.0. The molecule has 13 N–H and O–H groups in total. The van der Waals surface area contributed by atoms with Gasteiger partial charge in [-0.15, -0.1) is 0 Å². The van der Waals surface area contributed by atoms with Crippen molar-refractivity contribution in [2.75, 3.05) is 151 Å². The molecule has 0 aliphatic carbocycles. The maximum absolute atomic E-state index is 13.7. The largest absolute Gasteiger partial charge is 0.460 e. The van der Waals surface area contributed by atoms with Gasteiger partial charge in [-0.3, -0.25) is 14.7 Å². The number of amides is 1. The molecule has 14 nitrogen and oxygen atoms in total. The Morgan fingerprint density at radius 3 is 1.36 bits per heavy atom. The Morgan fingerprint density at radius 1 is 0.473 bits per heavy atom. The molecule has 0 atom stereocenters. The van der Waals surface area contributed by atoms with Crippen molar-refractivity contribution in [1.29, 1.82) is 0 Å². The lowest BCUT2D eigenvalue weighted by molar-refractivity contribution is -0.397. The molecule has 0 fully saturated rings. The van der Waals surface area contributed by atoms with E-state index in [0.29, 0.717) is 52.4 Å². The molecule has 0 heterocycles. The predicted molar refractivity (Wildman–Crippen MR) is 195 cm³/mol. The van der Waals surface area contributed by atoms with E-state index in [1.807, 2.05) is 4.90 Å². The molecule has 0 bridgehead atoms. The van der Waals surface area contributed by atoms with Gasteiger partial charge in [0.05, 0.1) is 13.0 Å². The molecule has 0 aliphatic rings.